The summed E-state index contributed by atoms with van der Waals surface area (Å²) in [5.74, 6) is -1.71. The van der Waals surface area contributed by atoms with Crippen LogP contribution in [-0.2, 0) is 9.59 Å². The Kier molecular flexibility index (Phi) is 5.01. The van der Waals surface area contributed by atoms with E-state index in [0.29, 0.717) is 0 Å². The molecule has 0 radical (unpaired) electrons. The maximum Gasteiger partial charge on any atom is 0.328 e. The van der Waals surface area contributed by atoms with Gasteiger partial charge in [0.2, 0.25) is 5.91 Å². The van der Waals surface area contributed by atoms with Gasteiger partial charge in [0.05, 0.1) is 12.6 Å². The van der Waals surface area contributed by atoms with E-state index in [1.165, 1.54) is 0 Å². The van der Waals surface area contributed by atoms with Gasteiger partial charge in [0.1, 0.15) is 6.04 Å². The van der Waals surface area contributed by atoms with Crippen molar-refractivity contribution < 1.29 is 19.8 Å². The molecule has 0 aromatic heterocycles. The molecule has 0 aliphatic rings. The van der Waals surface area contributed by atoms with E-state index in [-0.39, 0.29) is 0 Å². The van der Waals surface area contributed by atoms with Crippen LogP contribution >= 0.6 is 0 Å². The number of nitrogens with one attached hydrogen (secondary N) is 2. The number of hydrogen-bond acceptors (Lipinski definition) is 4. The van der Waals surface area contributed by atoms with Crippen molar-refractivity contribution in [2.24, 2.45) is 0 Å². The lowest BCUT2D eigenvalue weighted by Crippen LogP contribution is -2.49. The van der Waals surface area contributed by atoms with Crippen LogP contribution in [0.25, 0.3) is 0 Å². The van der Waals surface area contributed by atoms with Gasteiger partial charge < -0.3 is 20.8 Å². The highest BCUT2D eigenvalue weighted by molar-refractivity contribution is 5.86. The average molecular weight is 190 g/mol. The minimum Gasteiger partial charge on any atom is -0.480 e. The van der Waals surface area contributed by atoms with Gasteiger partial charge in [-0.05, 0) is 14.0 Å². The van der Waals surface area contributed by atoms with E-state index >= 15 is 0 Å². The lowest BCUT2D eigenvalue weighted by atomic mass is 10.2. The summed E-state index contributed by atoms with van der Waals surface area (Å²) in [6.45, 7) is 0.975. The van der Waals surface area contributed by atoms with Crippen molar-refractivity contribution in [3.63, 3.8) is 0 Å². The summed E-state index contributed by atoms with van der Waals surface area (Å²) in [5.41, 5.74) is 0. The SMILES string of the molecule is CNC(C)C(=O)N[C@H](CO)C(=O)O. The van der Waals surface area contributed by atoms with E-state index in [4.69, 9.17) is 10.2 Å². The van der Waals surface area contributed by atoms with Crippen LogP contribution in [0.3, 0.4) is 0 Å². The van der Waals surface area contributed by atoms with Gasteiger partial charge in [-0.25, -0.2) is 4.79 Å². The maximum atomic E-state index is 11.1. The number of rotatable bonds is 5. The van der Waals surface area contributed by atoms with Crippen LogP contribution in [0.15, 0.2) is 0 Å². The number of aliphatic hydroxyl groups is 1. The molecule has 0 rings (SSSR count). The Balaban J connectivity index is 4.09. The highest BCUT2D eigenvalue weighted by Gasteiger charge is 2.20. The topological polar surface area (TPSA) is 98.7 Å². The number of likely N-dealkylation sites (N-methyl/N-ethyl adjacent to an activating group) is 1. The summed E-state index contributed by atoms with van der Waals surface area (Å²) in [7, 11) is 1.58. The Labute approximate surface area is 75.9 Å². The normalized spacial score (nSPS) is 14.7. The molecule has 0 bridgehead atoms. The standard InChI is InChI=1S/C7H14N2O4/c1-4(8-2)6(11)9-5(3-10)7(12)13/h4-5,8,10H,3H2,1-2H3,(H,9,11)(H,12,13)/t4?,5-/m1/s1. The summed E-state index contributed by atoms with van der Waals surface area (Å²) < 4.78 is 0. The summed E-state index contributed by atoms with van der Waals surface area (Å²) >= 11 is 0. The number of hydrogen-bond donors (Lipinski definition) is 4. The molecule has 0 spiro atoms. The molecule has 13 heavy (non-hydrogen) atoms. The number of aliphatic hydroxyl groups excluding tert-OH is 1. The van der Waals surface area contributed by atoms with E-state index < -0.39 is 30.6 Å². The molecule has 0 heterocycles. The highest BCUT2D eigenvalue weighted by atomic mass is 16.4. The quantitative estimate of drug-likeness (QED) is 0.408. The molecule has 4 N–H and O–H groups in total. The number of carbonyl (C=O) groups excluding carboxylic acids is 1. The highest BCUT2D eigenvalue weighted by Crippen LogP contribution is 1.86. The van der Waals surface area contributed by atoms with Gasteiger partial charge in [0, 0.05) is 0 Å². The van der Waals surface area contributed by atoms with Crippen LogP contribution in [0.2, 0.25) is 0 Å². The minimum absolute atomic E-state index is 0.455. The number of amides is 1. The zero-order chi connectivity index (χ0) is 10.4. The summed E-state index contributed by atoms with van der Waals surface area (Å²) in [5, 5.41) is 21.9. The van der Waals surface area contributed by atoms with E-state index in [2.05, 4.69) is 10.6 Å². The first kappa shape index (κ1) is 11.9. The summed E-state index contributed by atoms with van der Waals surface area (Å²) in [6.07, 6.45) is 0. The zero-order valence-electron chi connectivity index (χ0n) is 7.57. The molecule has 0 aromatic rings. The van der Waals surface area contributed by atoms with Crippen molar-refractivity contribution in [1.82, 2.24) is 10.6 Å². The molecule has 0 saturated carbocycles. The Morgan fingerprint density at radius 3 is 2.31 bits per heavy atom. The third-order valence-corrected chi connectivity index (χ3v) is 1.62. The molecule has 0 aliphatic carbocycles. The van der Waals surface area contributed by atoms with E-state index in [1.807, 2.05) is 0 Å². The number of carboxylic acid groups (broad SMARTS) is 1. The van der Waals surface area contributed by atoms with Gasteiger partial charge in [0.15, 0.2) is 0 Å². The van der Waals surface area contributed by atoms with Crippen molar-refractivity contribution in [2.45, 2.75) is 19.0 Å². The second-order valence-electron chi connectivity index (χ2n) is 2.59. The van der Waals surface area contributed by atoms with Crippen LogP contribution in [-0.4, -0.2) is 47.8 Å². The van der Waals surface area contributed by atoms with Crippen molar-refractivity contribution in [1.29, 1.82) is 0 Å². The van der Waals surface area contributed by atoms with Gasteiger partial charge in [-0.1, -0.05) is 0 Å². The number of carboxylic acids is 1. The minimum atomic E-state index is -1.25. The largest absolute Gasteiger partial charge is 0.480 e. The Morgan fingerprint density at radius 2 is 2.00 bits per heavy atom. The molecule has 0 aliphatic heterocycles. The van der Waals surface area contributed by atoms with Gasteiger partial charge >= 0.3 is 5.97 Å². The number of carbonyl (C=O) groups is 2. The third kappa shape index (κ3) is 3.86. The van der Waals surface area contributed by atoms with Gasteiger partial charge in [-0.15, -0.1) is 0 Å². The van der Waals surface area contributed by atoms with Gasteiger partial charge in [-0.3, -0.25) is 4.79 Å². The lowest BCUT2D eigenvalue weighted by molar-refractivity contribution is -0.143. The molecule has 2 atom stereocenters. The first-order valence-electron chi connectivity index (χ1n) is 3.84. The average Bonchev–Trinajstić information content (AvgIpc) is 2.11. The predicted molar refractivity (Wildman–Crippen MR) is 45.2 cm³/mol. The van der Waals surface area contributed by atoms with Crippen molar-refractivity contribution in [2.75, 3.05) is 13.7 Å². The van der Waals surface area contributed by atoms with E-state index in [9.17, 15) is 9.59 Å². The third-order valence-electron chi connectivity index (χ3n) is 1.62. The monoisotopic (exact) mass is 190 g/mol. The Hall–Kier alpha value is -1.14. The van der Waals surface area contributed by atoms with Crippen LogP contribution in [0, 0.1) is 0 Å². The van der Waals surface area contributed by atoms with Gasteiger partial charge in [0.25, 0.3) is 0 Å². The van der Waals surface area contributed by atoms with Gasteiger partial charge in [-0.2, -0.15) is 0 Å². The van der Waals surface area contributed by atoms with Crippen LogP contribution < -0.4 is 10.6 Å². The molecule has 6 nitrogen and oxygen atoms in total. The predicted octanol–water partition coefficient (Wildman–Crippen LogP) is -1.84. The zero-order valence-corrected chi connectivity index (χ0v) is 7.57. The second kappa shape index (κ2) is 5.50. The molecule has 0 fully saturated rings. The molecule has 0 aromatic carbocycles. The van der Waals surface area contributed by atoms with Crippen LogP contribution in [0.1, 0.15) is 6.92 Å². The van der Waals surface area contributed by atoms with Crippen LogP contribution in [0.4, 0.5) is 0 Å². The first-order valence-corrected chi connectivity index (χ1v) is 3.84. The smallest absolute Gasteiger partial charge is 0.328 e. The molecule has 0 saturated heterocycles. The van der Waals surface area contributed by atoms with E-state index in [1.54, 1.807) is 14.0 Å². The maximum absolute atomic E-state index is 11.1. The molecular formula is C7H14N2O4. The lowest BCUT2D eigenvalue weighted by Gasteiger charge is -2.15. The second-order valence-corrected chi connectivity index (χ2v) is 2.59. The molecule has 76 valence electrons. The Morgan fingerprint density at radius 1 is 1.46 bits per heavy atom. The van der Waals surface area contributed by atoms with Crippen LogP contribution in [0.5, 0.6) is 0 Å². The fraction of sp³-hybridized carbons (Fsp3) is 0.714. The summed E-state index contributed by atoms with van der Waals surface area (Å²) in [6, 6.07) is -1.71. The van der Waals surface area contributed by atoms with Crippen molar-refractivity contribution in [3.8, 4) is 0 Å². The molecular weight excluding hydrogens is 176 g/mol. The molecule has 1 amide bonds. The molecule has 1 unspecified atom stereocenters. The first-order chi connectivity index (χ1) is 6.02. The van der Waals surface area contributed by atoms with Crippen molar-refractivity contribution >= 4 is 11.9 Å². The summed E-state index contributed by atoms with van der Waals surface area (Å²) in [4.78, 5) is 21.5. The fourth-order valence-corrected chi connectivity index (χ4v) is 0.613. The Bertz CT molecular complexity index is 195. The fourth-order valence-electron chi connectivity index (χ4n) is 0.613. The van der Waals surface area contributed by atoms with E-state index in [0.717, 1.165) is 0 Å². The number of aliphatic carboxylic acids is 1. The van der Waals surface area contributed by atoms with Crippen molar-refractivity contribution in [3.05, 3.63) is 0 Å². The molecule has 6 heteroatoms.